The van der Waals surface area contributed by atoms with Crippen molar-refractivity contribution in [1.29, 1.82) is 0 Å². The lowest BCUT2D eigenvalue weighted by molar-refractivity contribution is -0.144. The quantitative estimate of drug-likeness (QED) is 0.876. The van der Waals surface area contributed by atoms with Gasteiger partial charge in [-0.25, -0.2) is 0 Å². The van der Waals surface area contributed by atoms with Gasteiger partial charge in [-0.15, -0.1) is 0 Å². The molecular formula is C19H24N2O4. The van der Waals surface area contributed by atoms with E-state index < -0.39 is 12.0 Å². The van der Waals surface area contributed by atoms with Crippen molar-refractivity contribution in [2.24, 2.45) is 11.8 Å². The Morgan fingerprint density at radius 2 is 1.64 bits per heavy atom. The van der Waals surface area contributed by atoms with Gasteiger partial charge in [-0.3, -0.25) is 14.4 Å². The number of aryl methyl sites for hydroxylation is 1. The highest BCUT2D eigenvalue weighted by atomic mass is 16.4. The maximum absolute atomic E-state index is 12.6. The van der Waals surface area contributed by atoms with Gasteiger partial charge in [0.2, 0.25) is 11.8 Å². The average molecular weight is 344 g/mol. The maximum atomic E-state index is 12.6. The number of carboxylic acid groups (broad SMARTS) is 1. The molecule has 0 spiro atoms. The zero-order valence-corrected chi connectivity index (χ0v) is 14.4. The van der Waals surface area contributed by atoms with Crippen LogP contribution in [0.3, 0.4) is 0 Å². The summed E-state index contributed by atoms with van der Waals surface area (Å²) in [6, 6.07) is 7.30. The molecule has 1 saturated heterocycles. The van der Waals surface area contributed by atoms with Gasteiger partial charge >= 0.3 is 5.97 Å². The van der Waals surface area contributed by atoms with Gasteiger partial charge in [0.15, 0.2) is 0 Å². The molecule has 1 heterocycles. The van der Waals surface area contributed by atoms with E-state index in [1.807, 2.05) is 31.2 Å². The van der Waals surface area contributed by atoms with Crippen LogP contribution < -0.4 is 10.2 Å². The molecule has 1 aromatic carbocycles. The van der Waals surface area contributed by atoms with Crippen LogP contribution in [0.2, 0.25) is 0 Å². The van der Waals surface area contributed by atoms with Crippen LogP contribution >= 0.6 is 0 Å². The summed E-state index contributed by atoms with van der Waals surface area (Å²) in [6.07, 6.45) is 2.81. The molecule has 134 valence electrons. The Morgan fingerprint density at radius 1 is 1.04 bits per heavy atom. The van der Waals surface area contributed by atoms with E-state index in [1.54, 1.807) is 4.90 Å². The molecule has 1 aliphatic heterocycles. The summed E-state index contributed by atoms with van der Waals surface area (Å²) in [5.74, 6) is -1.49. The topological polar surface area (TPSA) is 86.7 Å². The van der Waals surface area contributed by atoms with Crippen LogP contribution in [0.1, 0.15) is 37.7 Å². The Hall–Kier alpha value is -2.37. The number of nitrogens with one attached hydrogen (secondary N) is 1. The van der Waals surface area contributed by atoms with Gasteiger partial charge in [0.1, 0.15) is 6.04 Å². The summed E-state index contributed by atoms with van der Waals surface area (Å²) < 4.78 is 0. The molecule has 3 rings (SSSR count). The van der Waals surface area contributed by atoms with Crippen LogP contribution in [0.25, 0.3) is 0 Å². The highest BCUT2D eigenvalue weighted by Crippen LogP contribution is 2.29. The van der Waals surface area contributed by atoms with Crippen molar-refractivity contribution in [2.75, 3.05) is 11.4 Å². The van der Waals surface area contributed by atoms with Gasteiger partial charge < -0.3 is 15.3 Å². The maximum Gasteiger partial charge on any atom is 0.306 e. The highest BCUT2D eigenvalue weighted by Gasteiger charge is 2.36. The normalized spacial score (nSPS) is 26.5. The third-order valence-electron chi connectivity index (χ3n) is 5.31. The largest absolute Gasteiger partial charge is 0.481 e. The first-order valence-electron chi connectivity index (χ1n) is 8.87. The number of hydrogen-bond donors (Lipinski definition) is 2. The van der Waals surface area contributed by atoms with Crippen molar-refractivity contribution in [1.82, 2.24) is 5.32 Å². The minimum absolute atomic E-state index is 0.0728. The molecule has 2 N–H and O–H groups in total. The second kappa shape index (κ2) is 7.25. The van der Waals surface area contributed by atoms with Crippen LogP contribution in [0.5, 0.6) is 0 Å². The lowest BCUT2D eigenvalue weighted by Gasteiger charge is -2.26. The van der Waals surface area contributed by atoms with Crippen molar-refractivity contribution < 1.29 is 19.5 Å². The summed E-state index contributed by atoms with van der Waals surface area (Å²) >= 11 is 0. The monoisotopic (exact) mass is 344 g/mol. The zero-order valence-electron chi connectivity index (χ0n) is 14.4. The summed E-state index contributed by atoms with van der Waals surface area (Å²) in [6.45, 7) is 2.59. The lowest BCUT2D eigenvalue weighted by atomic mass is 9.81. The molecule has 0 aromatic heterocycles. The van der Waals surface area contributed by atoms with E-state index in [0.717, 1.165) is 11.3 Å². The molecule has 2 fully saturated rings. The third kappa shape index (κ3) is 3.83. The summed E-state index contributed by atoms with van der Waals surface area (Å²) in [4.78, 5) is 37.7. The Labute approximate surface area is 147 Å². The first kappa shape index (κ1) is 17.5. The van der Waals surface area contributed by atoms with Crippen LogP contribution in [-0.4, -0.2) is 35.5 Å². The molecule has 2 amide bonds. The van der Waals surface area contributed by atoms with Crippen molar-refractivity contribution in [3.63, 3.8) is 0 Å². The number of nitrogens with zero attached hydrogens (tertiary/aromatic N) is 1. The number of carboxylic acids is 1. The van der Waals surface area contributed by atoms with Crippen LogP contribution in [-0.2, 0) is 14.4 Å². The van der Waals surface area contributed by atoms with Gasteiger partial charge in [0.25, 0.3) is 0 Å². The van der Waals surface area contributed by atoms with E-state index >= 15 is 0 Å². The lowest BCUT2D eigenvalue weighted by Crippen LogP contribution is -2.44. The van der Waals surface area contributed by atoms with Crippen LogP contribution in [0, 0.1) is 18.8 Å². The molecule has 0 radical (unpaired) electrons. The molecule has 0 bridgehead atoms. The fourth-order valence-corrected chi connectivity index (χ4v) is 3.69. The molecule has 1 aromatic rings. The fraction of sp³-hybridized carbons (Fsp3) is 0.526. The van der Waals surface area contributed by atoms with Crippen molar-refractivity contribution in [3.05, 3.63) is 29.8 Å². The number of hydrogen-bond acceptors (Lipinski definition) is 3. The first-order chi connectivity index (χ1) is 12.0. The fourth-order valence-electron chi connectivity index (χ4n) is 3.69. The standard InChI is InChI=1S/C19H24N2O4/c1-12-2-8-15(9-3-12)21-11-10-16(18(21)23)20-17(22)13-4-6-14(7-5-13)19(24)25/h2-3,8-9,13-14,16H,4-7,10-11H2,1H3,(H,20,22)(H,24,25). The molecule has 1 unspecified atom stereocenters. The minimum atomic E-state index is -0.779. The number of carbonyl (C=O) groups excluding carboxylic acids is 2. The molecule has 1 aliphatic carbocycles. The Balaban J connectivity index is 1.55. The zero-order chi connectivity index (χ0) is 18.0. The SMILES string of the molecule is Cc1ccc(N2CCC(NC(=O)C3CCC(C(=O)O)CC3)C2=O)cc1. The molecule has 6 nitrogen and oxygen atoms in total. The number of carbonyl (C=O) groups is 3. The third-order valence-corrected chi connectivity index (χ3v) is 5.31. The molecular weight excluding hydrogens is 320 g/mol. The average Bonchev–Trinajstić information content (AvgIpc) is 2.96. The summed E-state index contributed by atoms with van der Waals surface area (Å²) in [7, 11) is 0. The highest BCUT2D eigenvalue weighted by molar-refractivity contribution is 6.01. The number of amides is 2. The predicted octanol–water partition coefficient (Wildman–Crippen LogP) is 2.11. The van der Waals surface area contributed by atoms with E-state index in [2.05, 4.69) is 5.32 Å². The minimum Gasteiger partial charge on any atom is -0.481 e. The predicted molar refractivity (Wildman–Crippen MR) is 93.2 cm³/mol. The van der Waals surface area contributed by atoms with Gasteiger partial charge in [-0.1, -0.05) is 17.7 Å². The molecule has 2 aliphatic rings. The second-order valence-corrected chi connectivity index (χ2v) is 7.06. The Kier molecular flexibility index (Phi) is 5.06. The van der Waals surface area contributed by atoms with Crippen LogP contribution in [0.4, 0.5) is 5.69 Å². The number of anilines is 1. The Morgan fingerprint density at radius 3 is 2.24 bits per heavy atom. The first-order valence-corrected chi connectivity index (χ1v) is 8.87. The van der Waals surface area contributed by atoms with Gasteiger partial charge in [-0.05, 0) is 51.2 Å². The van der Waals surface area contributed by atoms with E-state index in [0.29, 0.717) is 38.6 Å². The van der Waals surface area contributed by atoms with Crippen molar-refractivity contribution in [2.45, 2.75) is 45.1 Å². The van der Waals surface area contributed by atoms with E-state index in [-0.39, 0.29) is 23.7 Å². The van der Waals surface area contributed by atoms with E-state index in [1.165, 1.54) is 0 Å². The Bertz CT molecular complexity index is 663. The van der Waals surface area contributed by atoms with Gasteiger partial charge in [-0.2, -0.15) is 0 Å². The number of aliphatic carboxylic acids is 1. The molecule has 1 atom stereocenters. The molecule has 1 saturated carbocycles. The van der Waals surface area contributed by atoms with Crippen molar-refractivity contribution >= 4 is 23.5 Å². The summed E-state index contributed by atoms with van der Waals surface area (Å²) in [5, 5.41) is 11.9. The molecule has 25 heavy (non-hydrogen) atoms. The van der Waals surface area contributed by atoms with Crippen molar-refractivity contribution in [3.8, 4) is 0 Å². The van der Waals surface area contributed by atoms with E-state index in [9.17, 15) is 14.4 Å². The van der Waals surface area contributed by atoms with Crippen LogP contribution in [0.15, 0.2) is 24.3 Å². The number of benzene rings is 1. The van der Waals surface area contributed by atoms with Gasteiger partial charge in [0, 0.05) is 18.2 Å². The van der Waals surface area contributed by atoms with Gasteiger partial charge in [0.05, 0.1) is 5.92 Å². The molecule has 6 heteroatoms. The smallest absolute Gasteiger partial charge is 0.306 e. The van der Waals surface area contributed by atoms with E-state index in [4.69, 9.17) is 5.11 Å². The second-order valence-electron chi connectivity index (χ2n) is 7.06. The number of rotatable bonds is 4. The summed E-state index contributed by atoms with van der Waals surface area (Å²) in [5.41, 5.74) is 1.99.